The van der Waals surface area contributed by atoms with Crippen molar-refractivity contribution < 1.29 is 9.84 Å². The molecule has 0 atom stereocenters. The van der Waals surface area contributed by atoms with Crippen molar-refractivity contribution in [2.45, 2.75) is 6.61 Å². The van der Waals surface area contributed by atoms with Crippen LogP contribution in [0.4, 0.5) is 0 Å². The second kappa shape index (κ2) is 3.43. The third kappa shape index (κ3) is 1.40. The lowest BCUT2D eigenvalue weighted by molar-refractivity contribution is 0.274. The first-order valence-electron chi connectivity index (χ1n) is 4.14. The summed E-state index contributed by atoms with van der Waals surface area (Å²) in [6, 6.07) is 3.63. The Bertz CT molecular complexity index is 471. The zero-order valence-electron chi connectivity index (χ0n) is 7.63. The van der Waals surface area contributed by atoms with Crippen molar-refractivity contribution in [3.05, 3.63) is 22.5 Å². The van der Waals surface area contributed by atoms with E-state index in [-0.39, 0.29) is 6.61 Å². The summed E-state index contributed by atoms with van der Waals surface area (Å²) in [5, 5.41) is 9.09. The van der Waals surface area contributed by atoms with Gasteiger partial charge >= 0.3 is 0 Å². The van der Waals surface area contributed by atoms with Crippen LogP contribution < -0.4 is 4.74 Å². The minimum Gasteiger partial charge on any atom is -0.496 e. The van der Waals surface area contributed by atoms with Gasteiger partial charge in [-0.05, 0) is 18.3 Å². The molecule has 1 aromatic carbocycles. The molecule has 0 aliphatic carbocycles. The van der Waals surface area contributed by atoms with Crippen LogP contribution in [-0.2, 0) is 6.61 Å². The van der Waals surface area contributed by atoms with Crippen LogP contribution in [-0.4, -0.2) is 22.2 Å². The minimum absolute atomic E-state index is 0.0507. The number of aliphatic hydroxyl groups is 1. The van der Waals surface area contributed by atoms with Crippen molar-refractivity contribution in [3.63, 3.8) is 0 Å². The molecule has 3 N–H and O–H groups in total. The minimum atomic E-state index is -0.0507. The van der Waals surface area contributed by atoms with Gasteiger partial charge < -0.3 is 19.8 Å². The highest BCUT2D eigenvalue weighted by molar-refractivity contribution is 7.71. The van der Waals surface area contributed by atoms with E-state index in [1.54, 1.807) is 7.11 Å². The van der Waals surface area contributed by atoms with Crippen LogP contribution in [0.5, 0.6) is 5.75 Å². The van der Waals surface area contributed by atoms with Crippen LogP contribution in [0.15, 0.2) is 12.1 Å². The van der Waals surface area contributed by atoms with Crippen molar-refractivity contribution in [1.82, 2.24) is 9.97 Å². The standard InChI is InChI=1S/C9H10N2O2S/c1-13-8-3-7-6(2-5(8)4-12)10-9(14)11-7/h2-3,12H,4H2,1H3,(H2,10,11,14). The topological polar surface area (TPSA) is 61.0 Å². The Morgan fingerprint density at radius 1 is 1.36 bits per heavy atom. The van der Waals surface area contributed by atoms with Gasteiger partial charge in [0.1, 0.15) is 5.75 Å². The highest BCUT2D eigenvalue weighted by Gasteiger charge is 2.05. The van der Waals surface area contributed by atoms with Crippen molar-refractivity contribution in [2.24, 2.45) is 0 Å². The van der Waals surface area contributed by atoms with E-state index in [9.17, 15) is 0 Å². The summed E-state index contributed by atoms with van der Waals surface area (Å²) in [6.07, 6.45) is 0. The molecule has 0 aliphatic rings. The number of aromatic amines is 2. The summed E-state index contributed by atoms with van der Waals surface area (Å²) in [6.45, 7) is -0.0507. The van der Waals surface area contributed by atoms with Gasteiger partial charge in [0.2, 0.25) is 0 Å². The third-order valence-corrected chi connectivity index (χ3v) is 2.29. The number of nitrogens with one attached hydrogen (secondary N) is 2. The average molecular weight is 210 g/mol. The molecule has 2 aromatic rings. The predicted molar refractivity (Wildman–Crippen MR) is 56.0 cm³/mol. The van der Waals surface area contributed by atoms with E-state index in [2.05, 4.69) is 9.97 Å². The monoisotopic (exact) mass is 210 g/mol. The Balaban J connectivity index is 2.74. The summed E-state index contributed by atoms with van der Waals surface area (Å²) in [7, 11) is 1.57. The molecular weight excluding hydrogens is 200 g/mol. The highest BCUT2D eigenvalue weighted by Crippen LogP contribution is 2.23. The Kier molecular flexibility index (Phi) is 2.26. The van der Waals surface area contributed by atoms with Gasteiger partial charge in [0.25, 0.3) is 0 Å². The number of fused-ring (bicyclic) bond motifs is 1. The van der Waals surface area contributed by atoms with Crippen LogP contribution in [0.1, 0.15) is 5.56 Å². The van der Waals surface area contributed by atoms with Crippen LogP contribution in [0, 0.1) is 4.77 Å². The number of aliphatic hydroxyl groups excluding tert-OH is 1. The smallest absolute Gasteiger partial charge is 0.175 e. The maximum absolute atomic E-state index is 9.09. The summed E-state index contributed by atoms with van der Waals surface area (Å²) >= 11 is 4.96. The van der Waals surface area contributed by atoms with Gasteiger partial charge in [-0.2, -0.15) is 0 Å². The number of benzene rings is 1. The molecule has 14 heavy (non-hydrogen) atoms. The van der Waals surface area contributed by atoms with Gasteiger partial charge in [0.15, 0.2) is 4.77 Å². The van der Waals surface area contributed by atoms with E-state index in [1.807, 2.05) is 12.1 Å². The lowest BCUT2D eigenvalue weighted by Crippen LogP contribution is -1.91. The molecule has 0 spiro atoms. The number of aromatic nitrogens is 2. The lowest BCUT2D eigenvalue weighted by atomic mass is 10.2. The van der Waals surface area contributed by atoms with E-state index < -0.39 is 0 Å². The number of H-pyrrole nitrogens is 2. The highest BCUT2D eigenvalue weighted by atomic mass is 32.1. The van der Waals surface area contributed by atoms with Gasteiger partial charge in [-0.15, -0.1) is 0 Å². The molecule has 4 nitrogen and oxygen atoms in total. The van der Waals surface area contributed by atoms with Crippen LogP contribution >= 0.6 is 12.2 Å². The van der Waals surface area contributed by atoms with Crippen LogP contribution in [0.2, 0.25) is 0 Å². The first kappa shape index (κ1) is 9.23. The van der Waals surface area contributed by atoms with Crippen LogP contribution in [0.25, 0.3) is 11.0 Å². The Morgan fingerprint density at radius 2 is 2.00 bits per heavy atom. The van der Waals surface area contributed by atoms with E-state index in [0.717, 1.165) is 16.6 Å². The molecule has 2 rings (SSSR count). The molecule has 0 fully saturated rings. The first-order valence-corrected chi connectivity index (χ1v) is 4.55. The number of methoxy groups -OCH3 is 1. The maximum atomic E-state index is 9.09. The molecule has 1 aromatic heterocycles. The third-order valence-electron chi connectivity index (χ3n) is 2.09. The van der Waals surface area contributed by atoms with E-state index >= 15 is 0 Å². The van der Waals surface area contributed by atoms with Crippen molar-refractivity contribution in [2.75, 3.05) is 7.11 Å². The fraction of sp³-hybridized carbons (Fsp3) is 0.222. The molecule has 0 saturated carbocycles. The predicted octanol–water partition coefficient (Wildman–Crippen LogP) is 1.73. The number of rotatable bonds is 2. The molecule has 0 bridgehead atoms. The maximum Gasteiger partial charge on any atom is 0.175 e. The number of hydrogen-bond donors (Lipinski definition) is 3. The average Bonchev–Trinajstić information content (AvgIpc) is 2.54. The molecule has 0 amide bonds. The number of hydrogen-bond acceptors (Lipinski definition) is 3. The summed E-state index contributed by atoms with van der Waals surface area (Å²) in [5.74, 6) is 0.658. The van der Waals surface area contributed by atoms with Gasteiger partial charge in [0.05, 0.1) is 24.8 Å². The van der Waals surface area contributed by atoms with Crippen molar-refractivity contribution in [3.8, 4) is 5.75 Å². The summed E-state index contributed by atoms with van der Waals surface area (Å²) in [5.41, 5.74) is 2.49. The van der Waals surface area contributed by atoms with E-state index in [0.29, 0.717) is 10.5 Å². The summed E-state index contributed by atoms with van der Waals surface area (Å²) in [4.78, 5) is 5.96. The normalized spacial score (nSPS) is 10.7. The van der Waals surface area contributed by atoms with Gasteiger partial charge in [0, 0.05) is 11.6 Å². The molecule has 0 radical (unpaired) electrons. The number of ether oxygens (including phenoxy) is 1. The van der Waals surface area contributed by atoms with E-state index in [1.165, 1.54) is 0 Å². The van der Waals surface area contributed by atoms with Gasteiger partial charge in [-0.25, -0.2) is 0 Å². The van der Waals surface area contributed by atoms with Gasteiger partial charge in [-0.3, -0.25) is 0 Å². The Hall–Kier alpha value is -1.33. The van der Waals surface area contributed by atoms with Crippen LogP contribution in [0.3, 0.4) is 0 Å². The second-order valence-electron chi connectivity index (χ2n) is 2.95. The zero-order valence-corrected chi connectivity index (χ0v) is 8.44. The van der Waals surface area contributed by atoms with Crippen molar-refractivity contribution in [1.29, 1.82) is 0 Å². The van der Waals surface area contributed by atoms with Gasteiger partial charge in [-0.1, -0.05) is 0 Å². The fourth-order valence-corrected chi connectivity index (χ4v) is 1.64. The zero-order chi connectivity index (χ0) is 10.1. The largest absolute Gasteiger partial charge is 0.496 e. The number of imidazole rings is 1. The Morgan fingerprint density at radius 3 is 2.57 bits per heavy atom. The molecule has 0 unspecified atom stereocenters. The Labute approximate surface area is 85.5 Å². The quantitative estimate of drug-likeness (QED) is 0.661. The molecule has 1 heterocycles. The molecule has 0 aliphatic heterocycles. The molecule has 5 heteroatoms. The summed E-state index contributed by atoms with van der Waals surface area (Å²) < 4.78 is 5.69. The molecular formula is C9H10N2O2S. The molecule has 74 valence electrons. The fourth-order valence-electron chi connectivity index (χ4n) is 1.42. The van der Waals surface area contributed by atoms with E-state index in [4.69, 9.17) is 22.1 Å². The lowest BCUT2D eigenvalue weighted by Gasteiger charge is -2.05. The first-order chi connectivity index (χ1) is 6.74. The van der Waals surface area contributed by atoms with Crippen molar-refractivity contribution >= 4 is 23.3 Å². The SMILES string of the molecule is COc1cc2[nH]c(=S)[nH]c2cc1CO. The molecule has 0 saturated heterocycles. The second-order valence-corrected chi connectivity index (χ2v) is 3.36.